The third-order valence-corrected chi connectivity index (χ3v) is 5.00. The Hall–Kier alpha value is -1.02. The molecule has 0 saturated heterocycles. The van der Waals surface area contributed by atoms with Gasteiger partial charge in [0.2, 0.25) is 0 Å². The van der Waals surface area contributed by atoms with E-state index in [1.807, 2.05) is 0 Å². The maximum absolute atomic E-state index is 6.06. The highest BCUT2D eigenvalue weighted by Crippen LogP contribution is 2.30. The van der Waals surface area contributed by atoms with Gasteiger partial charge in [0.15, 0.2) is 0 Å². The molecule has 1 aromatic rings. The number of rotatable bonds is 4. The van der Waals surface area contributed by atoms with Gasteiger partial charge in [0, 0.05) is 19.0 Å². The Morgan fingerprint density at radius 1 is 1.25 bits per heavy atom. The Bertz CT molecular complexity index is 457. The summed E-state index contributed by atoms with van der Waals surface area (Å²) in [5, 5.41) is 3.79. The molecule has 1 fully saturated rings. The lowest BCUT2D eigenvalue weighted by molar-refractivity contribution is 0.192. The van der Waals surface area contributed by atoms with Crippen molar-refractivity contribution in [1.82, 2.24) is 5.32 Å². The summed E-state index contributed by atoms with van der Waals surface area (Å²) in [5.74, 6) is 1.97. The molecule has 1 aromatic carbocycles. The van der Waals surface area contributed by atoms with E-state index in [0.29, 0.717) is 12.1 Å². The van der Waals surface area contributed by atoms with E-state index in [9.17, 15) is 0 Å². The maximum Gasteiger partial charge on any atom is 0.123 e. The van der Waals surface area contributed by atoms with Crippen molar-refractivity contribution in [2.24, 2.45) is 5.92 Å². The van der Waals surface area contributed by atoms with E-state index in [1.54, 1.807) is 0 Å². The van der Waals surface area contributed by atoms with Crippen LogP contribution in [0.3, 0.4) is 0 Å². The van der Waals surface area contributed by atoms with E-state index in [0.717, 1.165) is 24.6 Å². The lowest BCUT2D eigenvalue weighted by Crippen LogP contribution is -2.43. The molecular formula is C18H27NO. The zero-order valence-corrected chi connectivity index (χ0v) is 12.8. The molecule has 2 nitrogen and oxygen atoms in total. The molecule has 1 saturated carbocycles. The minimum absolute atomic E-state index is 0.325. The fourth-order valence-electron chi connectivity index (χ4n) is 3.81. The van der Waals surface area contributed by atoms with E-state index >= 15 is 0 Å². The highest BCUT2D eigenvalue weighted by molar-refractivity contribution is 5.40. The number of benzene rings is 1. The molecule has 0 radical (unpaired) electrons. The summed E-state index contributed by atoms with van der Waals surface area (Å²) in [4.78, 5) is 0. The average Bonchev–Trinajstić information content (AvgIpc) is 2.87. The molecule has 0 aromatic heterocycles. The van der Waals surface area contributed by atoms with Crippen LogP contribution < -0.4 is 10.1 Å². The molecule has 2 aliphatic rings. The number of fused-ring (bicyclic) bond motifs is 1. The van der Waals surface area contributed by atoms with Crippen LogP contribution in [0.5, 0.6) is 5.75 Å². The maximum atomic E-state index is 6.06. The summed E-state index contributed by atoms with van der Waals surface area (Å²) in [6, 6.07) is 7.25. The van der Waals surface area contributed by atoms with Crippen LogP contribution in [0.2, 0.25) is 0 Å². The second-order valence-electron chi connectivity index (χ2n) is 6.52. The minimum atomic E-state index is 0.325. The van der Waals surface area contributed by atoms with Gasteiger partial charge in [0.1, 0.15) is 11.9 Å². The van der Waals surface area contributed by atoms with Gasteiger partial charge >= 0.3 is 0 Å². The van der Waals surface area contributed by atoms with Crippen molar-refractivity contribution in [2.75, 3.05) is 6.54 Å². The van der Waals surface area contributed by atoms with E-state index in [-0.39, 0.29) is 0 Å². The van der Waals surface area contributed by atoms with Crippen LogP contribution in [0, 0.1) is 12.8 Å². The van der Waals surface area contributed by atoms with Crippen molar-refractivity contribution in [2.45, 2.75) is 64.5 Å². The lowest BCUT2D eigenvalue weighted by atomic mass is 9.83. The topological polar surface area (TPSA) is 21.3 Å². The van der Waals surface area contributed by atoms with E-state index in [4.69, 9.17) is 4.74 Å². The first-order valence-electron chi connectivity index (χ1n) is 8.26. The molecule has 20 heavy (non-hydrogen) atoms. The van der Waals surface area contributed by atoms with Crippen LogP contribution in [-0.2, 0) is 6.42 Å². The molecule has 0 spiro atoms. The molecule has 0 amide bonds. The Kier molecular flexibility index (Phi) is 4.30. The Morgan fingerprint density at radius 2 is 2.10 bits per heavy atom. The summed E-state index contributed by atoms with van der Waals surface area (Å²) in [6.45, 7) is 5.48. The van der Waals surface area contributed by atoms with Crippen molar-refractivity contribution in [3.63, 3.8) is 0 Å². The van der Waals surface area contributed by atoms with E-state index in [1.165, 1.54) is 43.2 Å². The van der Waals surface area contributed by atoms with E-state index < -0.39 is 0 Å². The number of nitrogens with one attached hydrogen (secondary N) is 1. The average molecular weight is 273 g/mol. The Morgan fingerprint density at radius 3 is 2.95 bits per heavy atom. The van der Waals surface area contributed by atoms with Crippen LogP contribution in [0.4, 0.5) is 0 Å². The third kappa shape index (κ3) is 3.01. The quantitative estimate of drug-likeness (QED) is 0.899. The molecule has 1 aliphatic heterocycles. The highest BCUT2D eigenvalue weighted by Gasteiger charge is 2.27. The number of hydrogen-bond acceptors (Lipinski definition) is 2. The van der Waals surface area contributed by atoms with Crippen LogP contribution >= 0.6 is 0 Å². The van der Waals surface area contributed by atoms with Gasteiger partial charge < -0.3 is 10.1 Å². The van der Waals surface area contributed by atoms with Crippen LogP contribution in [0.25, 0.3) is 0 Å². The van der Waals surface area contributed by atoms with E-state index in [2.05, 4.69) is 37.4 Å². The molecule has 110 valence electrons. The monoisotopic (exact) mass is 273 g/mol. The second-order valence-corrected chi connectivity index (χ2v) is 6.52. The second kappa shape index (κ2) is 6.17. The van der Waals surface area contributed by atoms with Crippen molar-refractivity contribution in [3.05, 3.63) is 29.3 Å². The number of aryl methyl sites for hydroxylation is 1. The minimum Gasteiger partial charge on any atom is -0.488 e. The zero-order valence-electron chi connectivity index (χ0n) is 12.8. The molecule has 1 aliphatic carbocycles. The van der Waals surface area contributed by atoms with Crippen molar-refractivity contribution < 1.29 is 4.74 Å². The summed E-state index contributed by atoms with van der Waals surface area (Å²) in [6.07, 6.45) is 8.25. The first-order valence-corrected chi connectivity index (χ1v) is 8.26. The Labute approximate surface area is 122 Å². The summed E-state index contributed by atoms with van der Waals surface area (Å²) < 4.78 is 6.06. The van der Waals surface area contributed by atoms with Gasteiger partial charge in [-0.3, -0.25) is 0 Å². The standard InChI is InChI=1S/C18H27NO/c1-3-14-6-4-5-7-17(14)19-12-16-11-15-10-13(2)8-9-18(15)20-16/h8-10,14,16-17,19H,3-7,11-12H2,1-2H3. The molecule has 1 heterocycles. The normalized spacial score (nSPS) is 29.0. The smallest absolute Gasteiger partial charge is 0.123 e. The largest absolute Gasteiger partial charge is 0.488 e. The summed E-state index contributed by atoms with van der Waals surface area (Å²) >= 11 is 0. The van der Waals surface area contributed by atoms with Gasteiger partial charge in [-0.15, -0.1) is 0 Å². The van der Waals surface area contributed by atoms with Crippen molar-refractivity contribution in [1.29, 1.82) is 0 Å². The molecular weight excluding hydrogens is 246 g/mol. The molecule has 3 rings (SSSR count). The fraction of sp³-hybridized carbons (Fsp3) is 0.667. The number of hydrogen-bond donors (Lipinski definition) is 1. The van der Waals surface area contributed by atoms with Gasteiger partial charge in [-0.1, -0.05) is 43.9 Å². The fourth-order valence-corrected chi connectivity index (χ4v) is 3.81. The molecule has 3 unspecified atom stereocenters. The Balaban J connectivity index is 1.53. The summed E-state index contributed by atoms with van der Waals surface area (Å²) in [7, 11) is 0. The van der Waals surface area contributed by atoms with Gasteiger partial charge in [-0.05, 0) is 37.3 Å². The predicted octanol–water partition coefficient (Wildman–Crippen LogP) is 3.86. The first kappa shape index (κ1) is 13.9. The molecule has 0 bridgehead atoms. The first-order chi connectivity index (χ1) is 9.76. The SMILES string of the molecule is CCC1CCCCC1NCC1Cc2cc(C)ccc2O1. The molecule has 2 heteroatoms. The van der Waals surface area contributed by atoms with Gasteiger partial charge in [0.05, 0.1) is 0 Å². The van der Waals surface area contributed by atoms with Crippen molar-refractivity contribution >= 4 is 0 Å². The highest BCUT2D eigenvalue weighted by atomic mass is 16.5. The number of ether oxygens (including phenoxy) is 1. The van der Waals surface area contributed by atoms with Crippen LogP contribution in [0.1, 0.15) is 50.2 Å². The van der Waals surface area contributed by atoms with Gasteiger partial charge in [0.25, 0.3) is 0 Å². The van der Waals surface area contributed by atoms with Crippen molar-refractivity contribution in [3.8, 4) is 5.75 Å². The molecule has 3 atom stereocenters. The van der Waals surface area contributed by atoms with Crippen LogP contribution in [0.15, 0.2) is 18.2 Å². The predicted molar refractivity (Wildman–Crippen MR) is 83.3 cm³/mol. The lowest BCUT2D eigenvalue weighted by Gasteiger charge is -2.32. The van der Waals surface area contributed by atoms with Gasteiger partial charge in [-0.2, -0.15) is 0 Å². The third-order valence-electron chi connectivity index (χ3n) is 5.00. The zero-order chi connectivity index (χ0) is 13.9. The summed E-state index contributed by atoms with van der Waals surface area (Å²) in [5.41, 5.74) is 2.71. The van der Waals surface area contributed by atoms with Crippen LogP contribution in [-0.4, -0.2) is 18.7 Å². The molecule has 1 N–H and O–H groups in total. The van der Waals surface area contributed by atoms with Gasteiger partial charge in [-0.25, -0.2) is 0 Å².